The van der Waals surface area contributed by atoms with Gasteiger partial charge in [0.25, 0.3) is 0 Å². The first-order valence-corrected chi connectivity index (χ1v) is 10.3. The van der Waals surface area contributed by atoms with Gasteiger partial charge in [0.05, 0.1) is 18.2 Å². The molecule has 0 spiro atoms. The minimum absolute atomic E-state index is 0.297. The van der Waals surface area contributed by atoms with Crippen LogP contribution in [0.3, 0.4) is 0 Å². The van der Waals surface area contributed by atoms with Crippen LogP contribution in [0.25, 0.3) is 0 Å². The molecule has 0 aliphatic carbocycles. The van der Waals surface area contributed by atoms with Crippen molar-refractivity contribution >= 4 is 11.6 Å². The molecule has 2 aliphatic heterocycles. The summed E-state index contributed by atoms with van der Waals surface area (Å²) < 4.78 is 23.0. The summed E-state index contributed by atoms with van der Waals surface area (Å²) in [5, 5.41) is 2.95. The normalized spacial score (nSPS) is 16.6. The van der Waals surface area contributed by atoms with Crippen LogP contribution < -0.4 is 24.3 Å². The lowest BCUT2D eigenvalue weighted by molar-refractivity contribution is -0.717. The maximum atomic E-state index is 6.44. The molecule has 2 aromatic rings. The van der Waals surface area contributed by atoms with Crippen molar-refractivity contribution in [1.82, 2.24) is 0 Å². The Morgan fingerprint density at radius 3 is 2.46 bits per heavy atom. The van der Waals surface area contributed by atoms with Crippen LogP contribution in [0.5, 0.6) is 23.0 Å². The average Bonchev–Trinajstić information content (AvgIpc) is 2.94. The van der Waals surface area contributed by atoms with Gasteiger partial charge < -0.3 is 24.3 Å². The van der Waals surface area contributed by atoms with E-state index in [4.69, 9.17) is 30.5 Å². The van der Waals surface area contributed by atoms with E-state index in [-0.39, 0.29) is 0 Å². The predicted octanol–water partition coefficient (Wildman–Crippen LogP) is 3.73. The Balaban J connectivity index is 1.52. The maximum Gasteiger partial charge on any atom is 0.179 e. The van der Waals surface area contributed by atoms with Crippen LogP contribution in [0.2, 0.25) is 5.02 Å². The van der Waals surface area contributed by atoms with Crippen LogP contribution in [0.1, 0.15) is 37.4 Å². The van der Waals surface area contributed by atoms with E-state index < -0.39 is 0 Å². The molecule has 1 atom stereocenters. The second kappa shape index (κ2) is 8.50. The van der Waals surface area contributed by atoms with Crippen molar-refractivity contribution in [1.29, 1.82) is 0 Å². The summed E-state index contributed by atoms with van der Waals surface area (Å²) in [4.78, 5) is 0. The van der Waals surface area contributed by atoms with Crippen LogP contribution in [0.4, 0.5) is 0 Å². The summed E-state index contributed by atoms with van der Waals surface area (Å²) in [6, 6.07) is 10.6. The maximum absolute atomic E-state index is 6.44. The zero-order valence-electron chi connectivity index (χ0n) is 16.4. The van der Waals surface area contributed by atoms with Gasteiger partial charge >= 0.3 is 0 Å². The Labute approximate surface area is 170 Å². The van der Waals surface area contributed by atoms with Gasteiger partial charge in [-0.1, -0.05) is 25.4 Å². The fourth-order valence-corrected chi connectivity index (χ4v) is 4.01. The van der Waals surface area contributed by atoms with E-state index in [1.807, 2.05) is 18.2 Å². The molecular weight excluding hydrogens is 378 g/mol. The summed E-state index contributed by atoms with van der Waals surface area (Å²) in [6.07, 6.45) is 0.867. The lowest BCUT2D eigenvalue weighted by Crippen LogP contribution is -2.84. The average molecular weight is 405 g/mol. The SMILES string of the molecule is CC(C)[C@@H]([NH2+]Cc1cc(Cl)c2c(c1)OCCCO2)c1ccc2c(c1)OCCO2. The van der Waals surface area contributed by atoms with Gasteiger partial charge in [0.15, 0.2) is 23.0 Å². The van der Waals surface area contributed by atoms with Crippen LogP contribution in [0, 0.1) is 5.92 Å². The lowest BCUT2D eigenvalue weighted by atomic mass is 9.95. The van der Waals surface area contributed by atoms with Crippen molar-refractivity contribution < 1.29 is 24.3 Å². The summed E-state index contributed by atoms with van der Waals surface area (Å²) in [5.74, 6) is 3.52. The highest BCUT2D eigenvalue weighted by atomic mass is 35.5. The lowest BCUT2D eigenvalue weighted by Gasteiger charge is -2.23. The molecule has 5 nitrogen and oxygen atoms in total. The second-order valence-corrected chi connectivity index (χ2v) is 7.98. The molecule has 6 heteroatoms. The van der Waals surface area contributed by atoms with Crippen molar-refractivity contribution in [2.75, 3.05) is 26.4 Å². The predicted molar refractivity (Wildman–Crippen MR) is 108 cm³/mol. The summed E-state index contributed by atoms with van der Waals surface area (Å²) in [7, 11) is 0. The fraction of sp³-hybridized carbons (Fsp3) is 0.455. The number of benzene rings is 2. The molecule has 0 saturated heterocycles. The summed E-state index contributed by atoms with van der Waals surface area (Å²) in [6.45, 7) is 7.77. The molecule has 0 radical (unpaired) electrons. The number of nitrogens with two attached hydrogens (primary N) is 1. The van der Waals surface area contributed by atoms with Gasteiger partial charge in [-0.05, 0) is 30.3 Å². The topological polar surface area (TPSA) is 53.5 Å². The first-order chi connectivity index (χ1) is 13.6. The largest absolute Gasteiger partial charge is 0.489 e. The molecule has 28 heavy (non-hydrogen) atoms. The third-order valence-electron chi connectivity index (χ3n) is 5.14. The van der Waals surface area contributed by atoms with Crippen LogP contribution in [0.15, 0.2) is 30.3 Å². The monoisotopic (exact) mass is 404 g/mol. The molecule has 0 amide bonds. The van der Waals surface area contributed by atoms with Crippen molar-refractivity contribution in [3.8, 4) is 23.0 Å². The van der Waals surface area contributed by atoms with Crippen molar-refractivity contribution in [3.05, 3.63) is 46.5 Å². The third-order valence-corrected chi connectivity index (χ3v) is 5.42. The zero-order valence-corrected chi connectivity index (χ0v) is 17.1. The van der Waals surface area contributed by atoms with Crippen molar-refractivity contribution in [2.45, 2.75) is 32.9 Å². The van der Waals surface area contributed by atoms with E-state index in [0.717, 1.165) is 35.8 Å². The molecule has 0 unspecified atom stereocenters. The van der Waals surface area contributed by atoms with E-state index in [1.54, 1.807) is 0 Å². The second-order valence-electron chi connectivity index (χ2n) is 7.57. The number of quaternary nitrogens is 1. The molecule has 2 heterocycles. The molecule has 4 rings (SSSR count). The Kier molecular flexibility index (Phi) is 5.83. The van der Waals surface area contributed by atoms with Gasteiger partial charge in [-0.2, -0.15) is 0 Å². The quantitative estimate of drug-likeness (QED) is 0.824. The van der Waals surface area contributed by atoms with Gasteiger partial charge in [-0.3, -0.25) is 0 Å². The number of hydrogen-bond donors (Lipinski definition) is 1. The van der Waals surface area contributed by atoms with Crippen LogP contribution in [-0.4, -0.2) is 26.4 Å². The zero-order chi connectivity index (χ0) is 19.5. The molecule has 2 aliphatic rings. The van der Waals surface area contributed by atoms with Gasteiger partial charge in [0.1, 0.15) is 25.8 Å². The fourth-order valence-electron chi connectivity index (χ4n) is 3.73. The van der Waals surface area contributed by atoms with E-state index in [0.29, 0.717) is 49.2 Å². The van der Waals surface area contributed by atoms with Crippen molar-refractivity contribution in [2.24, 2.45) is 5.92 Å². The molecule has 2 aromatic carbocycles. The van der Waals surface area contributed by atoms with E-state index in [2.05, 4.69) is 31.3 Å². The first-order valence-electron chi connectivity index (χ1n) is 9.92. The summed E-state index contributed by atoms with van der Waals surface area (Å²) in [5.41, 5.74) is 2.36. The van der Waals surface area contributed by atoms with Gasteiger partial charge in [-0.25, -0.2) is 0 Å². The Morgan fingerprint density at radius 1 is 0.893 bits per heavy atom. The number of fused-ring (bicyclic) bond motifs is 2. The molecule has 0 saturated carbocycles. The number of ether oxygens (including phenoxy) is 4. The molecule has 0 bridgehead atoms. The smallest absolute Gasteiger partial charge is 0.179 e. The minimum atomic E-state index is 0.297. The first kappa shape index (κ1) is 19.2. The highest BCUT2D eigenvalue weighted by molar-refractivity contribution is 6.32. The highest BCUT2D eigenvalue weighted by Gasteiger charge is 2.23. The molecule has 150 valence electrons. The van der Waals surface area contributed by atoms with Crippen LogP contribution >= 0.6 is 11.6 Å². The Morgan fingerprint density at radius 2 is 1.64 bits per heavy atom. The highest BCUT2D eigenvalue weighted by Crippen LogP contribution is 2.38. The Hall–Kier alpha value is -2.11. The van der Waals surface area contributed by atoms with Crippen molar-refractivity contribution in [3.63, 3.8) is 0 Å². The van der Waals surface area contributed by atoms with Gasteiger partial charge in [0, 0.05) is 23.5 Å². The Bertz CT molecular complexity index is 840. The van der Waals surface area contributed by atoms with E-state index >= 15 is 0 Å². The van der Waals surface area contributed by atoms with Gasteiger partial charge in [-0.15, -0.1) is 0 Å². The number of rotatable bonds is 5. The van der Waals surface area contributed by atoms with Crippen LogP contribution in [-0.2, 0) is 6.54 Å². The standard InChI is InChI=1S/C22H26ClNO4/c1-14(2)21(16-4-5-18-19(12-16)27-9-8-26-18)24-13-15-10-17(23)22-20(11-15)25-6-3-7-28-22/h4-5,10-12,14,21,24H,3,6-9,13H2,1-2H3/p+1/t21-/m1/s1. The van der Waals surface area contributed by atoms with Gasteiger partial charge in [0.2, 0.25) is 0 Å². The molecule has 0 fully saturated rings. The molecule has 0 aromatic heterocycles. The number of halogens is 1. The molecule has 2 N–H and O–H groups in total. The van der Waals surface area contributed by atoms with E-state index in [1.165, 1.54) is 5.56 Å². The summed E-state index contributed by atoms with van der Waals surface area (Å²) >= 11 is 6.44. The molecular formula is C22H27ClNO4+. The minimum Gasteiger partial charge on any atom is -0.489 e. The third kappa shape index (κ3) is 4.15. The number of hydrogen-bond acceptors (Lipinski definition) is 4. The van der Waals surface area contributed by atoms with E-state index in [9.17, 15) is 0 Å².